The number of anilines is 1. The minimum atomic E-state index is -4.18. The molecule has 3 rings (SSSR count). The fourth-order valence-electron chi connectivity index (χ4n) is 4.05. The third kappa shape index (κ3) is 7.85. The first-order valence-corrected chi connectivity index (χ1v) is 15.2. The highest BCUT2D eigenvalue weighted by molar-refractivity contribution is 9.10. The van der Waals surface area contributed by atoms with E-state index >= 15 is 0 Å². The summed E-state index contributed by atoms with van der Waals surface area (Å²) in [5, 5.41) is 2.89. The van der Waals surface area contributed by atoms with Gasteiger partial charge in [-0.2, -0.15) is 0 Å². The highest BCUT2D eigenvalue weighted by Gasteiger charge is 2.33. The number of rotatable bonds is 12. The average molecular weight is 631 g/mol. The molecule has 214 valence electrons. The van der Waals surface area contributed by atoms with E-state index in [4.69, 9.17) is 4.74 Å². The monoisotopic (exact) mass is 629 g/mol. The van der Waals surface area contributed by atoms with Gasteiger partial charge >= 0.3 is 0 Å². The van der Waals surface area contributed by atoms with Crippen LogP contribution in [0.2, 0.25) is 0 Å². The Balaban J connectivity index is 2.05. The largest absolute Gasteiger partial charge is 0.495 e. The molecule has 0 heterocycles. The minimum absolute atomic E-state index is 0.0399. The summed E-state index contributed by atoms with van der Waals surface area (Å²) in [6.07, 6.45) is 0. The normalized spacial score (nSPS) is 12.1. The molecule has 1 N–H and O–H groups in total. The first-order valence-electron chi connectivity index (χ1n) is 13.0. The van der Waals surface area contributed by atoms with Crippen LogP contribution in [0.3, 0.4) is 0 Å². The van der Waals surface area contributed by atoms with Crippen molar-refractivity contribution >= 4 is 43.5 Å². The number of ether oxygens (including phenoxy) is 1. The van der Waals surface area contributed by atoms with Crippen LogP contribution >= 0.6 is 15.9 Å². The van der Waals surface area contributed by atoms with Gasteiger partial charge in [0.2, 0.25) is 11.8 Å². The van der Waals surface area contributed by atoms with Gasteiger partial charge in [-0.1, -0.05) is 71.7 Å². The number of aryl methyl sites for hydroxylation is 1. The molecule has 10 heteroatoms. The second-order valence-electron chi connectivity index (χ2n) is 9.96. The Morgan fingerprint density at radius 3 is 2.27 bits per heavy atom. The molecule has 0 aromatic heterocycles. The number of carbonyl (C=O) groups excluding carboxylic acids is 2. The summed E-state index contributed by atoms with van der Waals surface area (Å²) >= 11 is 3.46. The molecule has 8 nitrogen and oxygen atoms in total. The van der Waals surface area contributed by atoms with E-state index in [0.29, 0.717) is 12.3 Å². The number of amides is 2. The summed E-state index contributed by atoms with van der Waals surface area (Å²) in [6, 6.07) is 19.6. The Bertz CT molecular complexity index is 1430. The first kappa shape index (κ1) is 31.2. The van der Waals surface area contributed by atoms with Crippen molar-refractivity contribution in [2.75, 3.05) is 24.5 Å². The van der Waals surface area contributed by atoms with Crippen molar-refractivity contribution < 1.29 is 22.7 Å². The van der Waals surface area contributed by atoms with Crippen molar-refractivity contribution in [1.82, 2.24) is 10.2 Å². The van der Waals surface area contributed by atoms with Gasteiger partial charge in [0.15, 0.2) is 0 Å². The van der Waals surface area contributed by atoms with Crippen LogP contribution in [0, 0.1) is 12.8 Å². The van der Waals surface area contributed by atoms with E-state index in [2.05, 4.69) is 21.2 Å². The number of carbonyl (C=O) groups is 2. The minimum Gasteiger partial charge on any atom is -0.495 e. The van der Waals surface area contributed by atoms with Gasteiger partial charge in [0.25, 0.3) is 10.0 Å². The molecule has 0 unspecified atom stereocenters. The van der Waals surface area contributed by atoms with Crippen LogP contribution in [0.5, 0.6) is 5.75 Å². The molecule has 3 aromatic carbocycles. The quantitative estimate of drug-likeness (QED) is 0.299. The summed E-state index contributed by atoms with van der Waals surface area (Å²) in [6.45, 7) is 7.51. The maximum atomic E-state index is 14.0. The van der Waals surface area contributed by atoms with Crippen LogP contribution in [-0.4, -0.2) is 51.4 Å². The van der Waals surface area contributed by atoms with Gasteiger partial charge in [-0.25, -0.2) is 8.42 Å². The van der Waals surface area contributed by atoms with Gasteiger partial charge in [-0.15, -0.1) is 0 Å². The summed E-state index contributed by atoms with van der Waals surface area (Å²) in [5.41, 5.74) is 1.91. The maximum Gasteiger partial charge on any atom is 0.264 e. The molecule has 1 atom stereocenters. The lowest BCUT2D eigenvalue weighted by molar-refractivity contribution is -0.139. The molecule has 0 radical (unpaired) electrons. The van der Waals surface area contributed by atoms with Gasteiger partial charge in [-0.3, -0.25) is 13.9 Å². The molecule has 0 bridgehead atoms. The SMILES string of the molecule is COc1ccccc1N(CC(=O)N(Cc1cccc(Br)c1)[C@@H](C)C(=O)NCC(C)C)S(=O)(=O)c1ccc(C)cc1. The summed E-state index contributed by atoms with van der Waals surface area (Å²) in [5.74, 6) is -0.325. The van der Waals surface area contributed by atoms with E-state index < -0.39 is 28.5 Å². The Hall–Kier alpha value is -3.37. The highest BCUT2D eigenvalue weighted by atomic mass is 79.9. The van der Waals surface area contributed by atoms with Crippen molar-refractivity contribution in [3.63, 3.8) is 0 Å². The van der Waals surface area contributed by atoms with E-state index in [1.54, 1.807) is 43.3 Å². The van der Waals surface area contributed by atoms with Gasteiger partial charge in [0.1, 0.15) is 18.3 Å². The summed E-state index contributed by atoms with van der Waals surface area (Å²) in [4.78, 5) is 28.6. The lowest BCUT2D eigenvalue weighted by atomic mass is 10.1. The molecule has 0 aliphatic rings. The molecule has 0 aliphatic carbocycles. The van der Waals surface area contributed by atoms with E-state index in [1.807, 2.05) is 45.0 Å². The van der Waals surface area contributed by atoms with Gasteiger partial charge in [0, 0.05) is 17.6 Å². The lowest BCUT2D eigenvalue weighted by Gasteiger charge is -2.32. The number of methoxy groups -OCH3 is 1. The maximum absolute atomic E-state index is 14.0. The fraction of sp³-hybridized carbons (Fsp3) is 0.333. The second-order valence-corrected chi connectivity index (χ2v) is 12.7. The second kappa shape index (κ2) is 13.8. The first-order chi connectivity index (χ1) is 18.9. The van der Waals surface area contributed by atoms with E-state index in [0.717, 1.165) is 19.9 Å². The van der Waals surface area contributed by atoms with Crippen LogP contribution < -0.4 is 14.4 Å². The Labute approximate surface area is 245 Å². The number of hydrogen-bond donors (Lipinski definition) is 1. The zero-order valence-corrected chi connectivity index (χ0v) is 25.8. The molecular weight excluding hydrogens is 594 g/mol. The lowest BCUT2D eigenvalue weighted by Crippen LogP contribution is -2.51. The van der Waals surface area contributed by atoms with Crippen LogP contribution in [0.4, 0.5) is 5.69 Å². The van der Waals surface area contributed by atoms with Crippen molar-refractivity contribution in [3.8, 4) is 5.75 Å². The van der Waals surface area contributed by atoms with E-state index in [-0.39, 0.29) is 29.0 Å². The highest BCUT2D eigenvalue weighted by Crippen LogP contribution is 2.32. The zero-order chi connectivity index (χ0) is 29.4. The standard InChI is InChI=1S/C30H36BrN3O5S/c1-21(2)18-32-30(36)23(4)33(19-24-9-8-10-25(31)17-24)29(35)20-34(27-11-6-7-12-28(27)39-5)40(37,38)26-15-13-22(3)14-16-26/h6-17,21,23H,18-20H2,1-5H3,(H,32,36)/t23-/m0/s1. The van der Waals surface area contributed by atoms with Crippen molar-refractivity contribution in [1.29, 1.82) is 0 Å². The van der Waals surface area contributed by atoms with Gasteiger partial charge < -0.3 is 15.0 Å². The third-order valence-corrected chi connectivity index (χ3v) is 8.60. The van der Waals surface area contributed by atoms with Crippen LogP contribution in [0.15, 0.2) is 82.2 Å². The van der Waals surface area contributed by atoms with Gasteiger partial charge in [0.05, 0.1) is 17.7 Å². The van der Waals surface area contributed by atoms with Crippen LogP contribution in [-0.2, 0) is 26.2 Å². The number of hydrogen-bond acceptors (Lipinski definition) is 5. The summed E-state index contributed by atoms with van der Waals surface area (Å²) < 4.78 is 35.3. The fourth-order valence-corrected chi connectivity index (χ4v) is 5.92. The molecule has 0 saturated carbocycles. The number of para-hydroxylation sites is 2. The van der Waals surface area contributed by atoms with Gasteiger partial charge in [-0.05, 0) is 61.7 Å². The molecule has 0 fully saturated rings. The Morgan fingerprint density at radius 2 is 1.65 bits per heavy atom. The summed E-state index contributed by atoms with van der Waals surface area (Å²) in [7, 11) is -2.74. The molecule has 3 aromatic rings. The van der Waals surface area contributed by atoms with Crippen molar-refractivity contribution in [2.24, 2.45) is 5.92 Å². The van der Waals surface area contributed by atoms with Crippen molar-refractivity contribution in [3.05, 3.63) is 88.4 Å². The molecule has 2 amide bonds. The molecule has 0 aliphatic heterocycles. The number of benzene rings is 3. The Morgan fingerprint density at radius 1 is 0.975 bits per heavy atom. The smallest absolute Gasteiger partial charge is 0.264 e. The molecule has 40 heavy (non-hydrogen) atoms. The van der Waals surface area contributed by atoms with Crippen molar-refractivity contribution in [2.45, 2.75) is 45.2 Å². The topological polar surface area (TPSA) is 96.0 Å². The van der Waals surface area contributed by atoms with E-state index in [9.17, 15) is 18.0 Å². The van der Waals surface area contributed by atoms with Crippen LogP contribution in [0.25, 0.3) is 0 Å². The van der Waals surface area contributed by atoms with Crippen LogP contribution in [0.1, 0.15) is 31.9 Å². The number of nitrogens with zero attached hydrogens (tertiary/aromatic N) is 2. The zero-order valence-electron chi connectivity index (χ0n) is 23.4. The average Bonchev–Trinajstić information content (AvgIpc) is 2.93. The molecule has 0 spiro atoms. The Kier molecular flexibility index (Phi) is 10.8. The number of sulfonamides is 1. The molecular formula is C30H36BrN3O5S. The number of halogens is 1. The predicted molar refractivity (Wildman–Crippen MR) is 161 cm³/mol. The number of nitrogens with one attached hydrogen (secondary N) is 1. The third-order valence-electron chi connectivity index (χ3n) is 6.34. The predicted octanol–water partition coefficient (Wildman–Crippen LogP) is 5.15. The molecule has 0 saturated heterocycles. The van der Waals surface area contributed by atoms with E-state index in [1.165, 1.54) is 24.1 Å².